The molecule has 0 aliphatic carbocycles. The van der Waals surface area contributed by atoms with Crippen LogP contribution in [0.5, 0.6) is 0 Å². The molecule has 0 fully saturated rings. The van der Waals surface area contributed by atoms with Crippen LogP contribution in [-0.4, -0.2) is 58.7 Å². The summed E-state index contributed by atoms with van der Waals surface area (Å²) >= 11 is 3.98. The zero-order chi connectivity index (χ0) is 25.8. The van der Waals surface area contributed by atoms with Gasteiger partial charge in [-0.1, -0.05) is 64.4 Å². The second-order valence-corrected chi connectivity index (χ2v) is 9.31. The number of nitrogens with one attached hydrogen (secondary N) is 3. The van der Waals surface area contributed by atoms with Crippen molar-refractivity contribution in [3.63, 3.8) is 0 Å². The van der Waals surface area contributed by atoms with E-state index in [1.807, 2.05) is 33.8 Å². The molecule has 1 aromatic carbocycles. The van der Waals surface area contributed by atoms with E-state index in [9.17, 15) is 24.3 Å². The monoisotopic (exact) mass is 494 g/mol. The molecule has 5 unspecified atom stereocenters. The van der Waals surface area contributed by atoms with E-state index in [1.165, 1.54) is 0 Å². The van der Waals surface area contributed by atoms with Gasteiger partial charge in [-0.05, 0) is 23.8 Å². The first-order chi connectivity index (χ1) is 16.0. The molecule has 0 bridgehead atoms. The van der Waals surface area contributed by atoms with Crippen LogP contribution >= 0.6 is 12.6 Å². The minimum Gasteiger partial charge on any atom is -0.480 e. The second kappa shape index (κ2) is 14.6. The fourth-order valence-corrected chi connectivity index (χ4v) is 3.60. The van der Waals surface area contributed by atoms with Crippen LogP contribution in [0.1, 0.15) is 46.1 Å². The number of amides is 3. The Morgan fingerprint density at radius 3 is 2.03 bits per heavy atom. The highest BCUT2D eigenvalue weighted by Crippen LogP contribution is 2.11. The maximum absolute atomic E-state index is 13.2. The summed E-state index contributed by atoms with van der Waals surface area (Å²) in [5.74, 6) is -2.95. The summed E-state index contributed by atoms with van der Waals surface area (Å²) in [6.07, 6.45) is 1.22. The van der Waals surface area contributed by atoms with Crippen LogP contribution in [0.3, 0.4) is 0 Å². The van der Waals surface area contributed by atoms with Gasteiger partial charge in [0, 0.05) is 12.2 Å². The van der Waals surface area contributed by atoms with Crippen molar-refractivity contribution in [3.05, 3.63) is 35.9 Å². The van der Waals surface area contributed by atoms with E-state index in [2.05, 4.69) is 28.6 Å². The topological polar surface area (TPSA) is 151 Å². The number of hydrogen-bond donors (Lipinski definition) is 6. The summed E-state index contributed by atoms with van der Waals surface area (Å²) in [6.45, 7) is 7.62. The summed E-state index contributed by atoms with van der Waals surface area (Å²) in [7, 11) is 0. The Hall–Kier alpha value is -2.59. The zero-order valence-electron chi connectivity index (χ0n) is 20.3. The van der Waals surface area contributed by atoms with Gasteiger partial charge in [0.2, 0.25) is 17.7 Å². The van der Waals surface area contributed by atoms with E-state index in [0.717, 1.165) is 5.56 Å². The van der Waals surface area contributed by atoms with Crippen LogP contribution in [0, 0.1) is 11.8 Å². The molecule has 0 saturated heterocycles. The van der Waals surface area contributed by atoms with E-state index < -0.39 is 47.9 Å². The number of thiol groups is 1. The molecule has 0 spiro atoms. The standard InChI is InChI=1S/C24H38N4O5S/c1-5-15(4)20(28-21(29)17(25)11-14(2)3)23(31)26-18(12-16-9-7-6-8-10-16)22(30)27-19(13-34)24(32)33/h6-10,14-15,17-20,34H,5,11-13,25H2,1-4H3,(H,26,31)(H,27,30)(H,28,29)(H,32,33). The van der Waals surface area contributed by atoms with Crippen LogP contribution in [0.25, 0.3) is 0 Å². The average molecular weight is 495 g/mol. The van der Waals surface area contributed by atoms with Gasteiger partial charge in [-0.3, -0.25) is 14.4 Å². The van der Waals surface area contributed by atoms with Crippen molar-refractivity contribution < 1.29 is 24.3 Å². The van der Waals surface area contributed by atoms with Crippen LogP contribution in [-0.2, 0) is 25.6 Å². The minimum atomic E-state index is -1.22. The van der Waals surface area contributed by atoms with Crippen LogP contribution in [0.2, 0.25) is 0 Å². The molecule has 6 N–H and O–H groups in total. The number of carboxylic acid groups (broad SMARTS) is 1. The molecule has 0 aliphatic heterocycles. The quantitative estimate of drug-likeness (QED) is 0.213. The Balaban J connectivity index is 3.09. The van der Waals surface area contributed by atoms with Gasteiger partial charge in [0.25, 0.3) is 0 Å². The molecule has 10 heteroatoms. The Bertz CT molecular complexity index is 821. The van der Waals surface area contributed by atoms with Gasteiger partial charge in [0.15, 0.2) is 0 Å². The van der Waals surface area contributed by atoms with Crippen molar-refractivity contribution in [2.24, 2.45) is 17.6 Å². The van der Waals surface area contributed by atoms with Gasteiger partial charge in [-0.2, -0.15) is 12.6 Å². The second-order valence-electron chi connectivity index (χ2n) is 8.94. The first-order valence-corrected chi connectivity index (χ1v) is 12.2. The third kappa shape index (κ3) is 9.72. The molecule has 1 rings (SSSR count). The third-order valence-corrected chi connectivity index (χ3v) is 5.93. The van der Waals surface area contributed by atoms with Crippen molar-refractivity contribution in [3.8, 4) is 0 Å². The van der Waals surface area contributed by atoms with E-state index in [-0.39, 0.29) is 24.0 Å². The SMILES string of the molecule is CCC(C)C(NC(=O)C(N)CC(C)C)C(=O)NC(Cc1ccccc1)C(=O)NC(CS)C(=O)O. The highest BCUT2D eigenvalue weighted by atomic mass is 32.1. The van der Waals surface area contributed by atoms with E-state index in [1.54, 1.807) is 24.3 Å². The first kappa shape index (κ1) is 29.4. The predicted octanol–water partition coefficient (Wildman–Crippen LogP) is 1.12. The van der Waals surface area contributed by atoms with Crippen molar-refractivity contribution in [1.29, 1.82) is 0 Å². The van der Waals surface area contributed by atoms with E-state index in [4.69, 9.17) is 5.73 Å². The molecular weight excluding hydrogens is 456 g/mol. The number of nitrogens with two attached hydrogens (primary N) is 1. The lowest BCUT2D eigenvalue weighted by molar-refractivity contribution is -0.141. The zero-order valence-corrected chi connectivity index (χ0v) is 21.2. The maximum Gasteiger partial charge on any atom is 0.327 e. The Kier molecular flexibility index (Phi) is 12.7. The molecule has 0 aromatic heterocycles. The molecular formula is C24H38N4O5S. The highest BCUT2D eigenvalue weighted by molar-refractivity contribution is 7.80. The Labute approximate surface area is 207 Å². The van der Waals surface area contributed by atoms with E-state index in [0.29, 0.717) is 12.8 Å². The maximum atomic E-state index is 13.2. The van der Waals surface area contributed by atoms with Gasteiger partial charge in [0.05, 0.1) is 6.04 Å². The molecule has 3 amide bonds. The van der Waals surface area contributed by atoms with Gasteiger partial charge >= 0.3 is 5.97 Å². The fraction of sp³-hybridized carbons (Fsp3) is 0.583. The number of rotatable bonds is 14. The smallest absolute Gasteiger partial charge is 0.327 e. The van der Waals surface area contributed by atoms with E-state index >= 15 is 0 Å². The number of benzene rings is 1. The Morgan fingerprint density at radius 1 is 0.941 bits per heavy atom. The lowest BCUT2D eigenvalue weighted by Crippen LogP contribution is -2.59. The van der Waals surface area contributed by atoms with Crippen molar-refractivity contribution in [2.45, 2.75) is 71.1 Å². The van der Waals surface area contributed by atoms with Crippen LogP contribution < -0.4 is 21.7 Å². The number of carbonyl (C=O) groups is 4. The molecule has 0 aliphatic rings. The highest BCUT2D eigenvalue weighted by Gasteiger charge is 2.32. The molecule has 0 saturated carbocycles. The normalized spacial score (nSPS) is 15.5. The molecule has 1 aromatic rings. The molecule has 34 heavy (non-hydrogen) atoms. The number of aliphatic carboxylic acids is 1. The predicted molar refractivity (Wildman–Crippen MR) is 134 cm³/mol. The molecule has 0 heterocycles. The van der Waals surface area contributed by atoms with Gasteiger partial charge in [-0.25, -0.2) is 4.79 Å². The fourth-order valence-electron chi connectivity index (χ4n) is 3.36. The third-order valence-electron chi connectivity index (χ3n) is 5.57. The van der Waals surface area contributed by atoms with Gasteiger partial charge in [-0.15, -0.1) is 0 Å². The molecule has 0 radical (unpaired) electrons. The summed E-state index contributed by atoms with van der Waals surface area (Å²) in [5, 5.41) is 17.1. The number of carboxylic acids is 1. The summed E-state index contributed by atoms with van der Waals surface area (Å²) in [5.41, 5.74) is 6.77. The lowest BCUT2D eigenvalue weighted by atomic mass is 9.96. The Morgan fingerprint density at radius 2 is 1.53 bits per heavy atom. The largest absolute Gasteiger partial charge is 0.480 e. The van der Waals surface area contributed by atoms with Crippen LogP contribution in [0.15, 0.2) is 30.3 Å². The van der Waals surface area contributed by atoms with Gasteiger partial charge < -0.3 is 26.8 Å². The number of carbonyl (C=O) groups excluding carboxylic acids is 3. The summed E-state index contributed by atoms with van der Waals surface area (Å²) in [6, 6.07) is 5.13. The molecule has 190 valence electrons. The number of hydrogen-bond acceptors (Lipinski definition) is 6. The van der Waals surface area contributed by atoms with Crippen molar-refractivity contribution in [2.75, 3.05) is 5.75 Å². The van der Waals surface area contributed by atoms with Crippen LogP contribution in [0.4, 0.5) is 0 Å². The summed E-state index contributed by atoms with van der Waals surface area (Å²) < 4.78 is 0. The minimum absolute atomic E-state index is 0.105. The summed E-state index contributed by atoms with van der Waals surface area (Å²) in [4.78, 5) is 50.2. The molecule has 5 atom stereocenters. The van der Waals surface area contributed by atoms with Crippen molar-refractivity contribution >= 4 is 36.3 Å². The average Bonchev–Trinajstić information content (AvgIpc) is 2.79. The van der Waals surface area contributed by atoms with Gasteiger partial charge in [0.1, 0.15) is 18.1 Å². The van der Waals surface area contributed by atoms with Crippen molar-refractivity contribution in [1.82, 2.24) is 16.0 Å². The lowest BCUT2D eigenvalue weighted by Gasteiger charge is -2.28. The first-order valence-electron chi connectivity index (χ1n) is 11.5. The molecule has 9 nitrogen and oxygen atoms in total.